The van der Waals surface area contributed by atoms with Crippen LogP contribution in [0.15, 0.2) is 30.3 Å². The van der Waals surface area contributed by atoms with Crippen molar-refractivity contribution in [3.63, 3.8) is 0 Å². The van der Waals surface area contributed by atoms with Gasteiger partial charge in [0.1, 0.15) is 6.61 Å². The van der Waals surface area contributed by atoms with Crippen LogP contribution in [0, 0.1) is 56.7 Å². The summed E-state index contributed by atoms with van der Waals surface area (Å²) in [5.41, 5.74) is 0.528. The van der Waals surface area contributed by atoms with E-state index in [-0.39, 0.29) is 34.4 Å². The average molecular weight is 579 g/mol. The highest BCUT2D eigenvalue weighted by Crippen LogP contribution is 2.78. The fraction of sp³-hybridized carbons (Fsp3) is 0.811. The lowest BCUT2D eigenvalue weighted by Crippen LogP contribution is -2.68. The number of hydrogen-bond donors (Lipinski definition) is 2. The summed E-state index contributed by atoms with van der Waals surface area (Å²) >= 11 is 0. The number of epoxide rings is 1. The van der Waals surface area contributed by atoms with Crippen molar-refractivity contribution in [3.05, 3.63) is 35.9 Å². The lowest BCUT2D eigenvalue weighted by Gasteiger charge is -2.72. The maximum Gasteiger partial charge on any atom is 0.312 e. The van der Waals surface area contributed by atoms with E-state index >= 15 is 0 Å². The van der Waals surface area contributed by atoms with Gasteiger partial charge in [-0.3, -0.25) is 4.79 Å². The van der Waals surface area contributed by atoms with Crippen LogP contribution in [0.1, 0.15) is 104 Å². The molecule has 0 spiro atoms. The molecule has 6 fully saturated rings. The van der Waals surface area contributed by atoms with Crippen LogP contribution in [-0.4, -0.2) is 41.1 Å². The van der Waals surface area contributed by atoms with E-state index < -0.39 is 16.9 Å². The molecular formula is C37H54O5. The molecule has 1 saturated heterocycles. The molecule has 0 aromatic heterocycles. The summed E-state index contributed by atoms with van der Waals surface area (Å²) in [6.07, 6.45) is 9.92. The topological polar surface area (TPSA) is 79.3 Å². The van der Waals surface area contributed by atoms with Gasteiger partial charge in [-0.05, 0) is 123 Å². The van der Waals surface area contributed by atoms with Gasteiger partial charge < -0.3 is 19.7 Å². The van der Waals surface area contributed by atoms with Crippen LogP contribution in [0.4, 0.5) is 0 Å². The Morgan fingerprint density at radius 3 is 2.29 bits per heavy atom. The second kappa shape index (κ2) is 9.54. The number of hydrogen-bond acceptors (Lipinski definition) is 5. The van der Waals surface area contributed by atoms with Crippen molar-refractivity contribution >= 4 is 5.97 Å². The predicted molar refractivity (Wildman–Crippen MR) is 162 cm³/mol. The number of carbonyl (C=O) groups excluding carboxylic acids is 1. The molecule has 42 heavy (non-hydrogen) atoms. The normalized spacial score (nSPS) is 52.8. The Morgan fingerprint density at radius 1 is 0.857 bits per heavy atom. The van der Waals surface area contributed by atoms with Crippen LogP contribution in [-0.2, 0) is 20.9 Å². The predicted octanol–water partition coefficient (Wildman–Crippen LogP) is 6.93. The van der Waals surface area contributed by atoms with E-state index in [1.807, 2.05) is 30.3 Å². The number of fused-ring (bicyclic) bond motifs is 7. The number of aliphatic hydroxyl groups excluding tert-OH is 2. The molecule has 1 aromatic rings. The molecule has 0 bridgehead atoms. The summed E-state index contributed by atoms with van der Waals surface area (Å²) in [5.74, 6) is 2.11. The van der Waals surface area contributed by atoms with Gasteiger partial charge in [-0.15, -0.1) is 0 Å². The summed E-state index contributed by atoms with van der Waals surface area (Å²) in [6.45, 7) is 13.4. The van der Waals surface area contributed by atoms with Crippen LogP contribution in [0.3, 0.4) is 0 Å². The minimum Gasteiger partial charge on any atom is -0.460 e. The Hall–Kier alpha value is -1.43. The van der Waals surface area contributed by atoms with E-state index in [9.17, 15) is 15.0 Å². The molecule has 12 atom stereocenters. The molecule has 0 radical (unpaired) electrons. The number of benzene rings is 1. The van der Waals surface area contributed by atoms with Crippen LogP contribution in [0.2, 0.25) is 0 Å². The molecule has 6 aliphatic rings. The first-order valence-corrected chi connectivity index (χ1v) is 17.0. The zero-order chi connectivity index (χ0) is 29.8. The number of aliphatic hydroxyl groups is 2. The third-order valence-electron chi connectivity index (χ3n) is 15.6. The highest BCUT2D eigenvalue weighted by molar-refractivity contribution is 5.78. The molecule has 232 valence electrons. The molecule has 0 amide bonds. The van der Waals surface area contributed by atoms with Gasteiger partial charge in [-0.1, -0.05) is 58.0 Å². The molecule has 5 saturated carbocycles. The Labute approximate surface area is 253 Å². The lowest BCUT2D eigenvalue weighted by atomic mass is 9.32. The van der Waals surface area contributed by atoms with Crippen LogP contribution in [0.25, 0.3) is 0 Å². The van der Waals surface area contributed by atoms with E-state index in [0.29, 0.717) is 36.2 Å². The minimum atomic E-state index is -0.426. The minimum absolute atomic E-state index is 0.0353. The van der Waals surface area contributed by atoms with Crippen molar-refractivity contribution in [3.8, 4) is 0 Å². The first kappa shape index (κ1) is 29.3. The largest absolute Gasteiger partial charge is 0.460 e. The van der Waals surface area contributed by atoms with Crippen molar-refractivity contribution in [1.29, 1.82) is 0 Å². The van der Waals surface area contributed by atoms with Crippen molar-refractivity contribution < 1.29 is 24.5 Å². The SMILES string of the molecule is CC1(C2CCC3(C(=O)OCc4ccccc4)CCC4(C)C(CCC5C6(C)CCC(O)C(C)(CO)C6CCC54C)C23)CO1. The molecular weight excluding hydrogens is 524 g/mol. The maximum absolute atomic E-state index is 14.3. The fourth-order valence-corrected chi connectivity index (χ4v) is 12.8. The number of carbonyl (C=O) groups is 1. The third kappa shape index (κ3) is 3.75. The summed E-state index contributed by atoms with van der Waals surface area (Å²) in [4.78, 5) is 14.3. The fourth-order valence-electron chi connectivity index (χ4n) is 12.8. The van der Waals surface area contributed by atoms with Crippen molar-refractivity contribution in [2.75, 3.05) is 13.2 Å². The van der Waals surface area contributed by atoms with E-state index in [1.165, 1.54) is 6.42 Å². The monoisotopic (exact) mass is 578 g/mol. The summed E-state index contributed by atoms with van der Waals surface area (Å²) in [6, 6.07) is 10.1. The van der Waals surface area contributed by atoms with Gasteiger partial charge in [0, 0.05) is 5.41 Å². The first-order valence-electron chi connectivity index (χ1n) is 17.0. The summed E-state index contributed by atoms with van der Waals surface area (Å²) in [7, 11) is 0. The van der Waals surface area contributed by atoms with E-state index in [2.05, 4.69) is 34.6 Å². The van der Waals surface area contributed by atoms with Crippen LogP contribution >= 0.6 is 0 Å². The smallest absolute Gasteiger partial charge is 0.312 e. The molecule has 1 aliphatic heterocycles. The van der Waals surface area contributed by atoms with Crippen LogP contribution in [0.5, 0.6) is 0 Å². The molecule has 12 unspecified atom stereocenters. The lowest BCUT2D eigenvalue weighted by molar-refractivity contribution is -0.256. The zero-order valence-corrected chi connectivity index (χ0v) is 26.7. The van der Waals surface area contributed by atoms with Gasteiger partial charge in [0.2, 0.25) is 0 Å². The first-order chi connectivity index (χ1) is 19.9. The van der Waals surface area contributed by atoms with Crippen molar-refractivity contribution in [1.82, 2.24) is 0 Å². The highest BCUT2D eigenvalue weighted by Gasteiger charge is 2.74. The van der Waals surface area contributed by atoms with Crippen molar-refractivity contribution in [2.45, 2.75) is 117 Å². The van der Waals surface area contributed by atoms with Crippen molar-refractivity contribution in [2.24, 2.45) is 56.7 Å². The molecule has 5 aliphatic carbocycles. The van der Waals surface area contributed by atoms with Gasteiger partial charge in [0.15, 0.2) is 0 Å². The third-order valence-corrected chi connectivity index (χ3v) is 15.6. The molecule has 5 nitrogen and oxygen atoms in total. The van der Waals surface area contributed by atoms with E-state index in [4.69, 9.17) is 9.47 Å². The average Bonchev–Trinajstić information content (AvgIpc) is 3.59. The Bertz CT molecular complexity index is 1210. The molecule has 1 heterocycles. The molecule has 2 N–H and O–H groups in total. The van der Waals surface area contributed by atoms with Crippen LogP contribution < -0.4 is 0 Å². The van der Waals surface area contributed by atoms with Gasteiger partial charge >= 0.3 is 5.97 Å². The summed E-state index contributed by atoms with van der Waals surface area (Å²) in [5, 5.41) is 21.6. The zero-order valence-electron chi connectivity index (χ0n) is 26.7. The standard InChI is InChI=1S/C37H54O5/c1-32-16-15-29(39)33(2,22-38)27(32)14-17-35(4)28(32)12-11-25-30-26(36(5)23-42-36)13-18-37(30,20-19-34(25,35)3)31(40)41-21-24-9-7-6-8-10-24/h6-10,25-30,38-39H,11-23H2,1-5H3. The van der Waals surface area contributed by atoms with Gasteiger partial charge in [-0.2, -0.15) is 0 Å². The Kier molecular flexibility index (Phi) is 6.65. The van der Waals surface area contributed by atoms with Gasteiger partial charge in [0.05, 0.1) is 30.3 Å². The van der Waals surface area contributed by atoms with E-state index in [0.717, 1.165) is 70.0 Å². The van der Waals surface area contributed by atoms with E-state index in [1.54, 1.807) is 0 Å². The molecule has 5 heteroatoms. The quantitative estimate of drug-likeness (QED) is 0.293. The summed E-state index contributed by atoms with van der Waals surface area (Å²) < 4.78 is 12.4. The maximum atomic E-state index is 14.3. The number of esters is 1. The number of rotatable bonds is 5. The van der Waals surface area contributed by atoms with Gasteiger partial charge in [0.25, 0.3) is 0 Å². The molecule has 1 aromatic carbocycles. The molecule has 7 rings (SSSR count). The Morgan fingerprint density at radius 2 is 1.60 bits per heavy atom. The van der Waals surface area contributed by atoms with Gasteiger partial charge in [-0.25, -0.2) is 0 Å². The Balaban J connectivity index is 1.23. The number of ether oxygens (including phenoxy) is 2. The second-order valence-electron chi connectivity index (χ2n) is 16.9. The second-order valence-corrected chi connectivity index (χ2v) is 16.9. The highest BCUT2D eigenvalue weighted by atomic mass is 16.6.